The van der Waals surface area contributed by atoms with Gasteiger partial charge in [0.15, 0.2) is 0 Å². The van der Waals surface area contributed by atoms with Crippen molar-refractivity contribution >= 4 is 49.8 Å². The van der Waals surface area contributed by atoms with E-state index in [0.29, 0.717) is 0 Å². The minimum atomic E-state index is -1.13. The summed E-state index contributed by atoms with van der Waals surface area (Å²) in [5.74, 6) is 0. The van der Waals surface area contributed by atoms with Gasteiger partial charge in [0, 0.05) is 16.1 Å². The van der Waals surface area contributed by atoms with E-state index in [4.69, 9.17) is 0 Å². The van der Waals surface area contributed by atoms with E-state index >= 15 is 0 Å². The van der Waals surface area contributed by atoms with E-state index < -0.39 is 16.1 Å². The molecule has 0 fully saturated rings. The zero-order valence-corrected chi connectivity index (χ0v) is 19.2. The Bertz CT molecular complexity index is 899. The lowest BCUT2D eigenvalue weighted by molar-refractivity contribution is 1.55. The van der Waals surface area contributed by atoms with Crippen molar-refractivity contribution in [3.8, 4) is 0 Å². The smallest absolute Gasteiger partial charge is 0.0480 e. The molecular formula is C24H32Si2. The molecule has 0 nitrogen and oxygen atoms in total. The molecule has 3 aromatic carbocycles. The van der Waals surface area contributed by atoms with Crippen LogP contribution in [0.1, 0.15) is 0 Å². The quantitative estimate of drug-likeness (QED) is 0.374. The van der Waals surface area contributed by atoms with Crippen LogP contribution in [-0.4, -0.2) is 16.1 Å². The lowest BCUT2D eigenvalue weighted by Gasteiger charge is -2.15. The Morgan fingerprint density at radius 1 is 0.538 bits per heavy atom. The molecule has 0 N–H and O–H groups in total. The van der Waals surface area contributed by atoms with Gasteiger partial charge >= 0.3 is 0 Å². The van der Waals surface area contributed by atoms with Gasteiger partial charge in [-0.25, -0.2) is 0 Å². The molecule has 0 atom stereocenters. The van der Waals surface area contributed by atoms with Crippen molar-refractivity contribution < 1.29 is 0 Å². The van der Waals surface area contributed by atoms with Gasteiger partial charge in [0.1, 0.15) is 0 Å². The van der Waals surface area contributed by atoms with Crippen molar-refractivity contribution in [3.05, 3.63) is 59.0 Å². The van der Waals surface area contributed by atoms with Crippen molar-refractivity contribution in [2.75, 3.05) is 0 Å². The minimum Gasteiger partial charge on any atom is -0.0787 e. The Morgan fingerprint density at radius 3 is 1.04 bits per heavy atom. The fourth-order valence-corrected chi connectivity index (χ4v) is 5.09. The van der Waals surface area contributed by atoms with Gasteiger partial charge in [-0.2, -0.15) is 0 Å². The molecule has 0 aliphatic carbocycles. The fraction of sp³-hybridized carbons (Fsp3) is 0.333. The van der Waals surface area contributed by atoms with Crippen molar-refractivity contribution in [2.24, 2.45) is 0 Å². The average molecular weight is 377 g/mol. The minimum absolute atomic E-state index is 1.13. The first-order valence-corrected chi connectivity index (χ1v) is 17.2. The Hall–Kier alpha value is -1.65. The summed E-state index contributed by atoms with van der Waals surface area (Å²) < 4.78 is 0. The Balaban J connectivity index is 2.44. The van der Waals surface area contributed by atoms with Crippen LogP contribution in [0.5, 0.6) is 0 Å². The first kappa shape index (κ1) is 19.1. The van der Waals surface area contributed by atoms with Gasteiger partial charge in [0.2, 0.25) is 0 Å². The highest BCUT2D eigenvalue weighted by Crippen LogP contribution is 2.17. The Kier molecular flexibility index (Phi) is 5.27. The molecule has 0 unspecified atom stereocenters. The highest BCUT2D eigenvalue weighted by Gasteiger charge is 2.13. The van der Waals surface area contributed by atoms with Crippen molar-refractivity contribution in [2.45, 2.75) is 51.4 Å². The van der Waals surface area contributed by atoms with Crippen LogP contribution in [0.3, 0.4) is 0 Å². The summed E-state index contributed by atoms with van der Waals surface area (Å²) in [5.41, 5.74) is 0. The maximum absolute atomic E-state index is 2.51. The van der Waals surface area contributed by atoms with E-state index in [2.05, 4.69) is 100.0 Å². The van der Waals surface area contributed by atoms with Gasteiger partial charge < -0.3 is 0 Å². The second kappa shape index (κ2) is 7.17. The summed E-state index contributed by atoms with van der Waals surface area (Å²) in [6, 6.07) is 20.4. The lowest BCUT2D eigenvalue weighted by atomic mass is 9.97. The molecule has 0 radical (unpaired) electrons. The van der Waals surface area contributed by atoms with Crippen LogP contribution in [0, 0.1) is 0 Å². The molecule has 26 heavy (non-hydrogen) atoms. The number of fused-ring (bicyclic) bond motifs is 2. The summed E-state index contributed by atoms with van der Waals surface area (Å²) in [4.78, 5) is 0. The maximum Gasteiger partial charge on any atom is 0.0480 e. The van der Waals surface area contributed by atoms with Crippen LogP contribution in [0.25, 0.3) is 33.7 Å². The molecule has 0 bridgehead atoms. The molecule has 0 spiro atoms. The zero-order valence-electron chi connectivity index (χ0n) is 17.2. The first-order valence-electron chi connectivity index (χ1n) is 9.76. The summed E-state index contributed by atoms with van der Waals surface area (Å²) in [7, 11) is -2.25. The van der Waals surface area contributed by atoms with Crippen LogP contribution in [-0.2, 0) is 0 Å². The van der Waals surface area contributed by atoms with Gasteiger partial charge in [-0.15, -0.1) is 0 Å². The summed E-state index contributed by atoms with van der Waals surface area (Å²) in [5, 5.41) is 8.50. The maximum atomic E-state index is 2.51. The second-order valence-electron chi connectivity index (χ2n) is 9.86. The SMILES string of the molecule is C[Si](C)(C)CC=c1c2ccccc2c(=CC[Si](C)(C)C)c2ccccc12. The average Bonchev–Trinajstić information content (AvgIpc) is 2.56. The second-order valence-corrected chi connectivity index (χ2v) is 20.9. The standard InChI is InChI=1S/C24H32Si2/c1-25(2,3)17-15-23-19-11-7-9-13-21(19)24(16-18-26(4,5)6)22-14-10-8-12-20(22)23/h7-16H,17-18H2,1-6H3. The van der Waals surface area contributed by atoms with Gasteiger partial charge in [-0.3, -0.25) is 0 Å². The molecule has 3 rings (SSSR count). The number of hydrogen-bond donors (Lipinski definition) is 0. The molecule has 0 aromatic heterocycles. The highest BCUT2D eigenvalue weighted by molar-refractivity contribution is 6.77. The molecule has 136 valence electrons. The van der Waals surface area contributed by atoms with Crippen molar-refractivity contribution in [3.63, 3.8) is 0 Å². The zero-order chi connectivity index (χ0) is 18.9. The van der Waals surface area contributed by atoms with E-state index in [1.807, 2.05) is 0 Å². The van der Waals surface area contributed by atoms with E-state index in [9.17, 15) is 0 Å². The number of hydrogen-bond acceptors (Lipinski definition) is 0. The van der Waals surface area contributed by atoms with Gasteiger partial charge in [0.05, 0.1) is 0 Å². The first-order chi connectivity index (χ1) is 12.2. The van der Waals surface area contributed by atoms with Crippen molar-refractivity contribution in [1.82, 2.24) is 0 Å². The van der Waals surface area contributed by atoms with E-state index in [1.165, 1.54) is 44.1 Å². The third-order valence-corrected chi connectivity index (χ3v) is 7.71. The summed E-state index contributed by atoms with van der Waals surface area (Å²) in [6.07, 6.45) is 5.03. The molecule has 0 saturated carbocycles. The van der Waals surface area contributed by atoms with Gasteiger partial charge in [0.25, 0.3) is 0 Å². The normalized spacial score (nSPS) is 12.5. The van der Waals surface area contributed by atoms with Crippen LogP contribution in [0.15, 0.2) is 48.5 Å². The lowest BCUT2D eigenvalue weighted by Crippen LogP contribution is -2.22. The molecule has 0 amide bonds. The molecule has 2 heteroatoms. The molecule has 0 heterocycles. The Morgan fingerprint density at radius 2 is 0.808 bits per heavy atom. The predicted molar refractivity (Wildman–Crippen MR) is 126 cm³/mol. The largest absolute Gasteiger partial charge is 0.0787 e. The van der Waals surface area contributed by atoms with Crippen LogP contribution in [0.4, 0.5) is 0 Å². The van der Waals surface area contributed by atoms with Crippen molar-refractivity contribution in [1.29, 1.82) is 0 Å². The van der Waals surface area contributed by atoms with Gasteiger partial charge in [-0.1, -0.05) is 100.0 Å². The van der Waals surface area contributed by atoms with Crippen LogP contribution < -0.4 is 10.4 Å². The molecule has 0 aliphatic rings. The molecule has 0 aliphatic heterocycles. The molecular weight excluding hydrogens is 344 g/mol. The van der Waals surface area contributed by atoms with E-state index in [0.717, 1.165) is 0 Å². The summed E-state index contributed by atoms with van der Waals surface area (Å²) >= 11 is 0. The third-order valence-electron chi connectivity index (χ3n) is 4.85. The monoisotopic (exact) mass is 376 g/mol. The van der Waals surface area contributed by atoms with E-state index in [1.54, 1.807) is 0 Å². The third kappa shape index (κ3) is 4.36. The molecule has 0 saturated heterocycles. The topological polar surface area (TPSA) is 0 Å². The molecule has 3 aromatic rings. The predicted octanol–water partition coefficient (Wildman–Crippen LogP) is 6.23. The van der Waals surface area contributed by atoms with Crippen LogP contribution >= 0.6 is 0 Å². The number of rotatable bonds is 4. The van der Waals surface area contributed by atoms with E-state index in [-0.39, 0.29) is 0 Å². The Labute approximate surface area is 160 Å². The number of benzene rings is 3. The summed E-state index contributed by atoms with van der Waals surface area (Å²) in [6.45, 7) is 14.7. The fourth-order valence-electron chi connectivity index (χ4n) is 3.45. The van der Waals surface area contributed by atoms with Gasteiger partial charge in [-0.05, 0) is 44.1 Å². The highest BCUT2D eigenvalue weighted by atomic mass is 28.3. The van der Waals surface area contributed by atoms with Crippen LogP contribution in [0.2, 0.25) is 51.4 Å².